The van der Waals surface area contributed by atoms with Crippen LogP contribution in [0, 0.1) is 0 Å². The Labute approximate surface area is 129 Å². The summed E-state index contributed by atoms with van der Waals surface area (Å²) < 4.78 is 0.994. The van der Waals surface area contributed by atoms with Gasteiger partial charge in [0.1, 0.15) is 0 Å². The number of nitrogens with one attached hydrogen (secondary N) is 1. The molecule has 0 aliphatic carbocycles. The maximum Gasteiger partial charge on any atom is 0.226 e. The smallest absolute Gasteiger partial charge is 0.226 e. The van der Waals surface area contributed by atoms with Crippen molar-refractivity contribution in [2.24, 2.45) is 0 Å². The molecule has 1 heterocycles. The molecule has 0 radical (unpaired) electrons. The van der Waals surface area contributed by atoms with E-state index in [1.54, 1.807) is 0 Å². The largest absolute Gasteiger partial charge is 0.399 e. The molecule has 2 aromatic rings. The molecule has 1 aromatic heterocycles. The fourth-order valence-electron chi connectivity index (χ4n) is 2.18. The first-order chi connectivity index (χ1) is 10.1. The quantitative estimate of drug-likeness (QED) is 0.772. The van der Waals surface area contributed by atoms with Gasteiger partial charge in [-0.25, -0.2) is 4.98 Å². The first-order valence-corrected chi connectivity index (χ1v) is 8.12. The molecule has 1 amide bonds. The zero-order chi connectivity index (χ0) is 15.2. The number of nitrogens with two attached hydrogens (primary N) is 1. The molecule has 0 bridgehead atoms. The van der Waals surface area contributed by atoms with Crippen LogP contribution in [0.4, 0.5) is 10.8 Å². The van der Waals surface area contributed by atoms with Crippen molar-refractivity contribution in [2.45, 2.75) is 26.7 Å². The van der Waals surface area contributed by atoms with E-state index in [0.717, 1.165) is 36.3 Å². The maximum absolute atomic E-state index is 11.9. The van der Waals surface area contributed by atoms with Gasteiger partial charge in [0.15, 0.2) is 5.13 Å². The molecule has 0 unspecified atom stereocenters. The Morgan fingerprint density at radius 3 is 2.86 bits per heavy atom. The molecule has 0 atom stereocenters. The number of hydrogen-bond acceptors (Lipinski definition) is 5. The number of nitrogens with zero attached hydrogens (tertiary/aromatic N) is 2. The molecule has 6 heteroatoms. The van der Waals surface area contributed by atoms with Gasteiger partial charge in [-0.3, -0.25) is 4.79 Å². The second-order valence-electron chi connectivity index (χ2n) is 4.92. The number of amides is 1. The van der Waals surface area contributed by atoms with Crippen molar-refractivity contribution in [3.05, 3.63) is 18.2 Å². The number of fused-ring (bicyclic) bond motifs is 1. The molecule has 0 aliphatic heterocycles. The van der Waals surface area contributed by atoms with Crippen molar-refractivity contribution in [3.8, 4) is 0 Å². The molecule has 2 rings (SSSR count). The molecule has 0 spiro atoms. The Morgan fingerprint density at radius 1 is 1.38 bits per heavy atom. The molecule has 0 saturated carbocycles. The lowest BCUT2D eigenvalue weighted by Gasteiger charge is -2.17. The van der Waals surface area contributed by atoms with Crippen molar-refractivity contribution >= 4 is 38.3 Å². The summed E-state index contributed by atoms with van der Waals surface area (Å²) in [6.45, 7) is 7.28. The molecule has 21 heavy (non-hydrogen) atoms. The van der Waals surface area contributed by atoms with Crippen molar-refractivity contribution in [2.75, 3.05) is 30.7 Å². The average Bonchev–Trinajstić information content (AvgIpc) is 2.84. The fourth-order valence-corrected chi connectivity index (χ4v) is 3.11. The Balaban J connectivity index is 1.86. The number of carbonyl (C=O) groups excluding carboxylic acids is 1. The molecular weight excluding hydrogens is 284 g/mol. The second kappa shape index (κ2) is 7.38. The predicted octanol–water partition coefficient (Wildman–Crippen LogP) is 2.94. The van der Waals surface area contributed by atoms with Gasteiger partial charge in [-0.05, 0) is 44.3 Å². The number of rotatable bonds is 7. The molecule has 3 N–H and O–H groups in total. The Bertz CT molecular complexity index is 607. The van der Waals surface area contributed by atoms with E-state index in [0.29, 0.717) is 17.2 Å². The van der Waals surface area contributed by atoms with Crippen LogP contribution in [0.2, 0.25) is 0 Å². The lowest BCUT2D eigenvalue weighted by Crippen LogP contribution is -2.25. The molecular formula is C15H22N4OS. The van der Waals surface area contributed by atoms with Gasteiger partial charge in [0, 0.05) is 12.1 Å². The van der Waals surface area contributed by atoms with Gasteiger partial charge < -0.3 is 16.0 Å². The number of nitrogen functional groups attached to an aromatic ring is 1. The highest BCUT2D eigenvalue weighted by molar-refractivity contribution is 7.22. The van der Waals surface area contributed by atoms with Gasteiger partial charge in [0.25, 0.3) is 0 Å². The van der Waals surface area contributed by atoms with Gasteiger partial charge in [-0.15, -0.1) is 0 Å². The molecule has 0 aliphatic rings. The third-order valence-corrected chi connectivity index (χ3v) is 4.37. The van der Waals surface area contributed by atoms with E-state index in [2.05, 4.69) is 29.0 Å². The van der Waals surface area contributed by atoms with Crippen molar-refractivity contribution < 1.29 is 4.79 Å². The summed E-state index contributed by atoms with van der Waals surface area (Å²) in [6.07, 6.45) is 1.39. The maximum atomic E-state index is 11.9. The second-order valence-corrected chi connectivity index (χ2v) is 5.96. The van der Waals surface area contributed by atoms with Crippen LogP contribution in [0.5, 0.6) is 0 Å². The summed E-state index contributed by atoms with van der Waals surface area (Å²) in [5.74, 6) is 0.0224. The van der Waals surface area contributed by atoms with E-state index in [1.807, 2.05) is 18.2 Å². The molecule has 1 aromatic carbocycles. The monoisotopic (exact) mass is 306 g/mol. The van der Waals surface area contributed by atoms with Crippen LogP contribution in [-0.2, 0) is 4.79 Å². The minimum atomic E-state index is 0.0224. The van der Waals surface area contributed by atoms with Gasteiger partial charge >= 0.3 is 0 Å². The summed E-state index contributed by atoms with van der Waals surface area (Å²) in [5, 5.41) is 3.51. The van der Waals surface area contributed by atoms with Gasteiger partial charge in [-0.2, -0.15) is 0 Å². The van der Waals surface area contributed by atoms with Crippen LogP contribution in [-0.4, -0.2) is 35.4 Å². The van der Waals surface area contributed by atoms with E-state index in [4.69, 9.17) is 5.73 Å². The number of anilines is 2. The normalized spacial score (nSPS) is 11.2. The SMILES string of the molecule is CCN(CC)CCCC(=O)Nc1nc2ccc(N)cc2s1. The summed E-state index contributed by atoms with van der Waals surface area (Å²) >= 11 is 1.46. The van der Waals surface area contributed by atoms with Crippen molar-refractivity contribution in [1.82, 2.24) is 9.88 Å². The summed E-state index contributed by atoms with van der Waals surface area (Å²) in [4.78, 5) is 18.6. The van der Waals surface area contributed by atoms with Gasteiger partial charge in [0.05, 0.1) is 10.2 Å². The van der Waals surface area contributed by atoms with E-state index < -0.39 is 0 Å². The zero-order valence-corrected chi connectivity index (χ0v) is 13.4. The van der Waals surface area contributed by atoms with E-state index >= 15 is 0 Å². The van der Waals surface area contributed by atoms with Crippen LogP contribution >= 0.6 is 11.3 Å². The van der Waals surface area contributed by atoms with Crippen molar-refractivity contribution in [3.63, 3.8) is 0 Å². The molecule has 0 fully saturated rings. The summed E-state index contributed by atoms with van der Waals surface area (Å²) in [6, 6.07) is 5.57. The fraction of sp³-hybridized carbons (Fsp3) is 0.467. The standard InChI is InChI=1S/C15H22N4OS/c1-3-19(4-2)9-5-6-14(20)18-15-17-12-8-7-11(16)10-13(12)21-15/h7-8,10H,3-6,9,16H2,1-2H3,(H,17,18,20). The molecule has 5 nitrogen and oxygen atoms in total. The lowest BCUT2D eigenvalue weighted by molar-refractivity contribution is -0.116. The number of benzene rings is 1. The minimum absolute atomic E-state index is 0.0224. The number of carbonyl (C=O) groups is 1. The highest BCUT2D eigenvalue weighted by Gasteiger charge is 2.08. The van der Waals surface area contributed by atoms with Crippen LogP contribution < -0.4 is 11.1 Å². The molecule has 0 saturated heterocycles. The zero-order valence-electron chi connectivity index (χ0n) is 12.6. The topological polar surface area (TPSA) is 71.2 Å². The Morgan fingerprint density at radius 2 is 2.14 bits per heavy atom. The summed E-state index contributed by atoms with van der Waals surface area (Å²) in [5.41, 5.74) is 7.32. The van der Waals surface area contributed by atoms with Crippen LogP contribution in [0.1, 0.15) is 26.7 Å². The van der Waals surface area contributed by atoms with Crippen LogP contribution in [0.25, 0.3) is 10.2 Å². The third-order valence-electron chi connectivity index (χ3n) is 3.43. The Hall–Kier alpha value is -1.66. The average molecular weight is 306 g/mol. The van der Waals surface area contributed by atoms with E-state index in [-0.39, 0.29) is 5.91 Å². The molecule has 114 valence electrons. The first kappa shape index (κ1) is 15.7. The van der Waals surface area contributed by atoms with Crippen LogP contribution in [0.15, 0.2) is 18.2 Å². The number of thiazole rings is 1. The lowest BCUT2D eigenvalue weighted by atomic mass is 10.3. The van der Waals surface area contributed by atoms with Crippen molar-refractivity contribution in [1.29, 1.82) is 0 Å². The first-order valence-electron chi connectivity index (χ1n) is 7.30. The van der Waals surface area contributed by atoms with E-state index in [1.165, 1.54) is 11.3 Å². The number of hydrogen-bond donors (Lipinski definition) is 2. The number of aromatic nitrogens is 1. The summed E-state index contributed by atoms with van der Waals surface area (Å²) in [7, 11) is 0. The predicted molar refractivity (Wildman–Crippen MR) is 89.7 cm³/mol. The van der Waals surface area contributed by atoms with Gasteiger partial charge in [-0.1, -0.05) is 25.2 Å². The van der Waals surface area contributed by atoms with Crippen LogP contribution in [0.3, 0.4) is 0 Å². The van der Waals surface area contributed by atoms with Gasteiger partial charge in [0.2, 0.25) is 5.91 Å². The highest BCUT2D eigenvalue weighted by Crippen LogP contribution is 2.27. The Kier molecular flexibility index (Phi) is 5.52. The minimum Gasteiger partial charge on any atom is -0.399 e. The highest BCUT2D eigenvalue weighted by atomic mass is 32.1. The third kappa shape index (κ3) is 4.41. The van der Waals surface area contributed by atoms with E-state index in [9.17, 15) is 4.79 Å².